The van der Waals surface area contributed by atoms with E-state index in [1.807, 2.05) is 26.0 Å². The molecule has 0 unspecified atom stereocenters. The van der Waals surface area contributed by atoms with Gasteiger partial charge in [0.15, 0.2) is 0 Å². The molecule has 3 heteroatoms. The minimum Gasteiger partial charge on any atom is -0.496 e. The van der Waals surface area contributed by atoms with E-state index in [0.29, 0.717) is 0 Å². The van der Waals surface area contributed by atoms with Gasteiger partial charge in [-0.3, -0.25) is 0 Å². The van der Waals surface area contributed by atoms with E-state index in [2.05, 4.69) is 0 Å². The van der Waals surface area contributed by atoms with Crippen molar-refractivity contribution in [3.63, 3.8) is 0 Å². The monoisotopic (exact) mass is 245 g/mol. The Hall–Kier alpha value is -2.03. The van der Waals surface area contributed by atoms with Crippen LogP contribution in [-0.2, 0) is 0 Å². The molecule has 18 heavy (non-hydrogen) atoms. The van der Waals surface area contributed by atoms with Crippen LogP contribution in [0, 0.1) is 19.7 Å². The molecule has 0 aliphatic heterocycles. The minimum atomic E-state index is -0.408. The van der Waals surface area contributed by atoms with Crippen LogP contribution in [0.4, 0.5) is 10.1 Å². The second-order valence-electron chi connectivity index (χ2n) is 4.40. The van der Waals surface area contributed by atoms with Crippen molar-refractivity contribution in [3.05, 3.63) is 47.3 Å². The van der Waals surface area contributed by atoms with E-state index in [0.717, 1.165) is 28.0 Å². The molecule has 0 fully saturated rings. The van der Waals surface area contributed by atoms with E-state index < -0.39 is 5.82 Å². The lowest BCUT2D eigenvalue weighted by molar-refractivity contribution is 0.416. The fourth-order valence-electron chi connectivity index (χ4n) is 2.14. The highest BCUT2D eigenvalue weighted by Crippen LogP contribution is 2.35. The van der Waals surface area contributed by atoms with Crippen molar-refractivity contribution in [1.29, 1.82) is 0 Å². The van der Waals surface area contributed by atoms with Crippen molar-refractivity contribution in [2.45, 2.75) is 13.8 Å². The van der Waals surface area contributed by atoms with Crippen molar-refractivity contribution in [1.82, 2.24) is 0 Å². The van der Waals surface area contributed by atoms with E-state index >= 15 is 0 Å². The first-order valence-electron chi connectivity index (χ1n) is 5.73. The van der Waals surface area contributed by atoms with Gasteiger partial charge in [-0.1, -0.05) is 12.1 Å². The number of halogens is 1. The summed E-state index contributed by atoms with van der Waals surface area (Å²) < 4.78 is 18.9. The lowest BCUT2D eigenvalue weighted by atomic mass is 9.97. The predicted molar refractivity (Wildman–Crippen MR) is 72.3 cm³/mol. The lowest BCUT2D eigenvalue weighted by Crippen LogP contribution is -1.95. The topological polar surface area (TPSA) is 35.2 Å². The lowest BCUT2D eigenvalue weighted by Gasteiger charge is -2.13. The van der Waals surface area contributed by atoms with Crippen LogP contribution in [0.2, 0.25) is 0 Å². The van der Waals surface area contributed by atoms with Crippen molar-refractivity contribution in [2.75, 3.05) is 12.8 Å². The SMILES string of the molecule is COc1cc(C)cc(C)c1-c1ccc(N)c(F)c1. The number of ether oxygens (including phenoxy) is 1. The summed E-state index contributed by atoms with van der Waals surface area (Å²) in [5.41, 5.74) is 9.49. The molecular weight excluding hydrogens is 229 g/mol. The number of nitrogen functional groups attached to an aromatic ring is 1. The quantitative estimate of drug-likeness (QED) is 0.819. The molecule has 0 saturated carbocycles. The summed E-state index contributed by atoms with van der Waals surface area (Å²) in [5, 5.41) is 0. The zero-order valence-electron chi connectivity index (χ0n) is 10.8. The molecule has 2 nitrogen and oxygen atoms in total. The van der Waals surface area contributed by atoms with Crippen LogP contribution in [-0.4, -0.2) is 7.11 Å². The van der Waals surface area contributed by atoms with Crippen LogP contribution < -0.4 is 10.5 Å². The number of anilines is 1. The Morgan fingerprint density at radius 3 is 2.44 bits per heavy atom. The molecule has 2 aromatic rings. The molecule has 2 N–H and O–H groups in total. The number of hydrogen-bond acceptors (Lipinski definition) is 2. The summed E-state index contributed by atoms with van der Waals surface area (Å²) in [4.78, 5) is 0. The number of aryl methyl sites for hydroxylation is 2. The van der Waals surface area contributed by atoms with Crippen LogP contribution >= 0.6 is 0 Å². The van der Waals surface area contributed by atoms with Crippen LogP contribution in [0.1, 0.15) is 11.1 Å². The highest BCUT2D eigenvalue weighted by atomic mass is 19.1. The third kappa shape index (κ3) is 2.16. The van der Waals surface area contributed by atoms with Crippen LogP contribution in [0.5, 0.6) is 5.75 Å². The summed E-state index contributed by atoms with van der Waals surface area (Å²) in [6.45, 7) is 3.99. The highest BCUT2D eigenvalue weighted by Gasteiger charge is 2.11. The summed E-state index contributed by atoms with van der Waals surface area (Å²) in [7, 11) is 1.62. The third-order valence-corrected chi connectivity index (χ3v) is 2.95. The normalized spacial score (nSPS) is 10.4. The maximum atomic E-state index is 13.5. The first kappa shape index (κ1) is 12.4. The Kier molecular flexibility index (Phi) is 3.24. The zero-order chi connectivity index (χ0) is 13.3. The Labute approximate surface area is 106 Å². The first-order chi connectivity index (χ1) is 8.52. The van der Waals surface area contributed by atoms with Gasteiger partial charge in [0.25, 0.3) is 0 Å². The molecule has 0 saturated heterocycles. The molecule has 0 amide bonds. The fourth-order valence-corrected chi connectivity index (χ4v) is 2.14. The van der Waals surface area contributed by atoms with Crippen molar-refractivity contribution in [3.8, 4) is 16.9 Å². The van der Waals surface area contributed by atoms with Crippen molar-refractivity contribution in [2.24, 2.45) is 0 Å². The van der Waals surface area contributed by atoms with E-state index in [4.69, 9.17) is 10.5 Å². The second-order valence-corrected chi connectivity index (χ2v) is 4.40. The van der Waals surface area contributed by atoms with Crippen LogP contribution in [0.3, 0.4) is 0 Å². The molecule has 0 radical (unpaired) electrons. The maximum absolute atomic E-state index is 13.5. The molecule has 0 aromatic heterocycles. The van der Waals surface area contributed by atoms with Gasteiger partial charge in [0.1, 0.15) is 11.6 Å². The Balaban J connectivity index is 2.66. The van der Waals surface area contributed by atoms with E-state index in [1.54, 1.807) is 19.2 Å². The molecule has 2 rings (SSSR count). The molecule has 0 heterocycles. The molecule has 0 atom stereocenters. The summed E-state index contributed by atoms with van der Waals surface area (Å²) in [6, 6.07) is 8.81. The summed E-state index contributed by atoms with van der Waals surface area (Å²) >= 11 is 0. The van der Waals surface area contributed by atoms with Gasteiger partial charge in [-0.05, 0) is 48.7 Å². The number of hydrogen-bond donors (Lipinski definition) is 1. The molecule has 2 aromatic carbocycles. The minimum absolute atomic E-state index is 0.155. The Bertz CT molecular complexity index is 593. The summed E-state index contributed by atoms with van der Waals surface area (Å²) in [5.74, 6) is 0.339. The van der Waals surface area contributed by atoms with Crippen molar-refractivity contribution < 1.29 is 9.13 Å². The molecule has 0 bridgehead atoms. The van der Waals surface area contributed by atoms with Gasteiger partial charge in [0.05, 0.1) is 12.8 Å². The van der Waals surface area contributed by atoms with Gasteiger partial charge in [-0.15, -0.1) is 0 Å². The van der Waals surface area contributed by atoms with Gasteiger partial charge < -0.3 is 10.5 Å². The Morgan fingerprint density at radius 2 is 1.83 bits per heavy atom. The second kappa shape index (κ2) is 4.69. The number of nitrogens with two attached hydrogens (primary N) is 1. The van der Waals surface area contributed by atoms with E-state index in [-0.39, 0.29) is 5.69 Å². The van der Waals surface area contributed by atoms with Crippen LogP contribution in [0.15, 0.2) is 30.3 Å². The predicted octanol–water partition coefficient (Wildman–Crippen LogP) is 3.70. The molecule has 0 spiro atoms. The van der Waals surface area contributed by atoms with Crippen molar-refractivity contribution >= 4 is 5.69 Å². The van der Waals surface area contributed by atoms with Gasteiger partial charge in [-0.25, -0.2) is 4.39 Å². The third-order valence-electron chi connectivity index (χ3n) is 2.95. The fraction of sp³-hybridized carbons (Fsp3) is 0.200. The van der Waals surface area contributed by atoms with Crippen LogP contribution in [0.25, 0.3) is 11.1 Å². The van der Waals surface area contributed by atoms with Gasteiger partial charge in [0.2, 0.25) is 0 Å². The molecular formula is C15H16FNO. The largest absolute Gasteiger partial charge is 0.496 e. The Morgan fingerprint density at radius 1 is 1.11 bits per heavy atom. The smallest absolute Gasteiger partial charge is 0.146 e. The average Bonchev–Trinajstić information content (AvgIpc) is 2.32. The maximum Gasteiger partial charge on any atom is 0.146 e. The van der Waals surface area contributed by atoms with Gasteiger partial charge in [-0.2, -0.15) is 0 Å². The average molecular weight is 245 g/mol. The molecule has 0 aliphatic carbocycles. The van der Waals surface area contributed by atoms with Gasteiger partial charge >= 0.3 is 0 Å². The molecule has 0 aliphatic rings. The first-order valence-corrected chi connectivity index (χ1v) is 5.73. The number of rotatable bonds is 2. The van der Waals surface area contributed by atoms with Gasteiger partial charge in [0, 0.05) is 5.56 Å². The standard InChI is InChI=1S/C15H16FNO/c1-9-6-10(2)15(14(7-9)18-3)11-4-5-13(17)12(16)8-11/h4-8H,17H2,1-3H3. The number of methoxy groups -OCH3 is 1. The number of benzene rings is 2. The zero-order valence-corrected chi connectivity index (χ0v) is 10.8. The highest BCUT2D eigenvalue weighted by molar-refractivity contribution is 5.75. The van der Waals surface area contributed by atoms with E-state index in [9.17, 15) is 4.39 Å². The summed E-state index contributed by atoms with van der Waals surface area (Å²) in [6.07, 6.45) is 0. The van der Waals surface area contributed by atoms with E-state index in [1.165, 1.54) is 6.07 Å². The molecule has 94 valence electrons.